The average molecular weight is 514 g/mol. The number of nitrogens with one attached hydrogen (secondary N) is 1. The highest BCUT2D eigenvalue weighted by Crippen LogP contribution is 2.30. The fourth-order valence-electron chi connectivity index (χ4n) is 4.52. The van der Waals surface area contributed by atoms with Gasteiger partial charge in [-0.25, -0.2) is 4.79 Å². The Morgan fingerprint density at radius 3 is 2.41 bits per heavy atom. The molecule has 0 radical (unpaired) electrons. The summed E-state index contributed by atoms with van der Waals surface area (Å²) in [6, 6.07) is 20.8. The summed E-state index contributed by atoms with van der Waals surface area (Å²) in [5, 5.41) is 4.50. The van der Waals surface area contributed by atoms with Crippen molar-refractivity contribution in [3.05, 3.63) is 94.0 Å². The molecule has 1 N–H and O–H groups in total. The van der Waals surface area contributed by atoms with Crippen molar-refractivity contribution in [2.24, 2.45) is 7.05 Å². The second-order valence-corrected chi connectivity index (χ2v) is 9.80. The number of imidazole rings is 1. The number of aromatic nitrogens is 3. The molecule has 2 aromatic heterocycles. The van der Waals surface area contributed by atoms with Crippen LogP contribution in [0.15, 0.2) is 77.7 Å². The Kier molecular flexibility index (Phi) is 6.82. The van der Waals surface area contributed by atoms with E-state index in [1.807, 2.05) is 62.6 Å². The zero-order valence-corrected chi connectivity index (χ0v) is 21.8. The lowest BCUT2D eigenvalue weighted by Crippen LogP contribution is -2.27. The molecular formula is C29H28ClN5O2. The number of aryl methyl sites for hydroxylation is 1. The highest BCUT2D eigenvalue weighted by molar-refractivity contribution is 6.30. The van der Waals surface area contributed by atoms with Crippen molar-refractivity contribution >= 4 is 39.4 Å². The smallest absolute Gasteiger partial charge is 0.333 e. The summed E-state index contributed by atoms with van der Waals surface area (Å²) < 4.78 is 3.28. The van der Waals surface area contributed by atoms with Gasteiger partial charge in [0, 0.05) is 29.6 Å². The molecule has 0 aliphatic carbocycles. The molecule has 5 aromatic rings. The molecule has 188 valence electrons. The number of nitrogens with zero attached hydrogens (tertiary/aromatic N) is 4. The van der Waals surface area contributed by atoms with Crippen LogP contribution in [-0.2, 0) is 7.05 Å². The molecule has 37 heavy (non-hydrogen) atoms. The molecule has 0 spiro atoms. The molecule has 3 aromatic carbocycles. The van der Waals surface area contributed by atoms with Crippen molar-refractivity contribution in [3.8, 4) is 16.8 Å². The van der Waals surface area contributed by atoms with Gasteiger partial charge in [-0.2, -0.15) is 0 Å². The summed E-state index contributed by atoms with van der Waals surface area (Å²) in [6.07, 6.45) is 2.61. The van der Waals surface area contributed by atoms with Gasteiger partial charge in [-0.1, -0.05) is 29.8 Å². The summed E-state index contributed by atoms with van der Waals surface area (Å²) in [5.41, 5.74) is 5.38. The molecule has 0 aliphatic heterocycles. The molecule has 0 saturated carbocycles. The number of fused-ring (bicyclic) bond motifs is 3. The number of hydrogen-bond acceptors (Lipinski definition) is 4. The van der Waals surface area contributed by atoms with Crippen LogP contribution >= 0.6 is 11.6 Å². The monoisotopic (exact) mass is 513 g/mol. The van der Waals surface area contributed by atoms with Gasteiger partial charge in [0.05, 0.1) is 28.4 Å². The first-order valence-electron chi connectivity index (χ1n) is 12.1. The van der Waals surface area contributed by atoms with E-state index in [1.165, 1.54) is 0 Å². The highest BCUT2D eigenvalue weighted by atomic mass is 35.5. The number of halogens is 1. The van der Waals surface area contributed by atoms with E-state index >= 15 is 0 Å². The van der Waals surface area contributed by atoms with Crippen molar-refractivity contribution in [1.29, 1.82) is 0 Å². The number of hydrogen-bond donors (Lipinski definition) is 1. The highest BCUT2D eigenvalue weighted by Gasteiger charge is 2.17. The fourth-order valence-corrected chi connectivity index (χ4v) is 4.65. The van der Waals surface area contributed by atoms with Crippen LogP contribution in [0.1, 0.15) is 16.8 Å². The molecule has 0 bridgehead atoms. The quantitative estimate of drug-likeness (QED) is 0.315. The van der Waals surface area contributed by atoms with Crippen LogP contribution in [-0.4, -0.2) is 52.1 Å². The van der Waals surface area contributed by atoms with Crippen LogP contribution in [0.4, 0.5) is 0 Å². The van der Waals surface area contributed by atoms with Crippen LogP contribution in [0.25, 0.3) is 38.8 Å². The third-order valence-electron chi connectivity index (χ3n) is 6.52. The van der Waals surface area contributed by atoms with Gasteiger partial charge >= 0.3 is 5.69 Å². The van der Waals surface area contributed by atoms with Crippen molar-refractivity contribution in [2.75, 3.05) is 27.2 Å². The normalized spacial score (nSPS) is 11.5. The van der Waals surface area contributed by atoms with Gasteiger partial charge in [-0.15, -0.1) is 0 Å². The molecule has 2 heterocycles. The van der Waals surface area contributed by atoms with Gasteiger partial charge in [-0.05, 0) is 86.7 Å². The van der Waals surface area contributed by atoms with Crippen LogP contribution in [0.2, 0.25) is 5.02 Å². The molecular weight excluding hydrogens is 486 g/mol. The largest absolute Gasteiger partial charge is 0.352 e. The van der Waals surface area contributed by atoms with E-state index in [1.54, 1.807) is 34.5 Å². The van der Waals surface area contributed by atoms with Crippen LogP contribution in [0.5, 0.6) is 0 Å². The van der Waals surface area contributed by atoms with E-state index in [0.29, 0.717) is 22.8 Å². The minimum atomic E-state index is -0.179. The number of pyridine rings is 1. The first-order valence-corrected chi connectivity index (χ1v) is 12.5. The topological polar surface area (TPSA) is 72.2 Å². The van der Waals surface area contributed by atoms with E-state index in [4.69, 9.17) is 11.6 Å². The second-order valence-electron chi connectivity index (χ2n) is 9.37. The average Bonchev–Trinajstić information content (AvgIpc) is 3.16. The first-order chi connectivity index (χ1) is 17.8. The predicted molar refractivity (Wildman–Crippen MR) is 150 cm³/mol. The Bertz CT molecular complexity index is 1650. The zero-order chi connectivity index (χ0) is 26.1. The van der Waals surface area contributed by atoms with Gasteiger partial charge in [0.1, 0.15) is 0 Å². The van der Waals surface area contributed by atoms with Crippen molar-refractivity contribution in [2.45, 2.75) is 6.42 Å². The van der Waals surface area contributed by atoms with Crippen LogP contribution in [0, 0.1) is 0 Å². The molecule has 5 rings (SSSR count). The maximum atomic E-state index is 13.4. The van der Waals surface area contributed by atoms with E-state index in [9.17, 15) is 9.59 Å². The SMILES string of the molecule is CN(C)CCCNC(=O)c1ccc(-n2c(=O)n(C)c3cnc4ccc(-c5ccc(Cl)cc5)cc4c32)cc1. The third-order valence-corrected chi connectivity index (χ3v) is 6.77. The minimum Gasteiger partial charge on any atom is -0.352 e. The van der Waals surface area contributed by atoms with E-state index < -0.39 is 0 Å². The number of benzene rings is 3. The Hall–Kier alpha value is -3.94. The molecule has 0 atom stereocenters. The van der Waals surface area contributed by atoms with Crippen LogP contribution in [0.3, 0.4) is 0 Å². The van der Waals surface area contributed by atoms with E-state index in [2.05, 4.69) is 21.3 Å². The van der Waals surface area contributed by atoms with Gasteiger partial charge in [0.25, 0.3) is 5.91 Å². The molecule has 0 aliphatic rings. The Morgan fingerprint density at radius 1 is 1.00 bits per heavy atom. The summed E-state index contributed by atoms with van der Waals surface area (Å²) in [6.45, 7) is 1.52. The standard InChI is InChI=1S/C29H28ClN5O2/c1-33(2)16-4-15-31-28(36)20-7-12-23(13-8-20)35-27-24-17-21(19-5-10-22(30)11-6-19)9-14-25(24)32-18-26(27)34(3)29(35)37/h5-14,17-18H,4,15-16H2,1-3H3,(H,31,36). The van der Waals surface area contributed by atoms with Gasteiger partial charge in [0.2, 0.25) is 0 Å². The minimum absolute atomic E-state index is 0.127. The fraction of sp³-hybridized carbons (Fsp3) is 0.207. The first kappa shape index (κ1) is 24.7. The maximum absolute atomic E-state index is 13.4. The lowest BCUT2D eigenvalue weighted by Gasteiger charge is -2.11. The summed E-state index contributed by atoms with van der Waals surface area (Å²) in [7, 11) is 5.76. The van der Waals surface area contributed by atoms with Crippen molar-refractivity contribution < 1.29 is 4.79 Å². The summed E-state index contributed by atoms with van der Waals surface area (Å²) in [5.74, 6) is -0.127. The molecule has 7 nitrogen and oxygen atoms in total. The lowest BCUT2D eigenvalue weighted by atomic mass is 10.0. The Labute approximate surface area is 219 Å². The Balaban J connectivity index is 1.55. The van der Waals surface area contributed by atoms with Gasteiger partial charge < -0.3 is 10.2 Å². The third kappa shape index (κ3) is 4.88. The van der Waals surface area contributed by atoms with Crippen molar-refractivity contribution in [3.63, 3.8) is 0 Å². The Morgan fingerprint density at radius 2 is 1.70 bits per heavy atom. The van der Waals surface area contributed by atoms with Gasteiger partial charge in [-0.3, -0.25) is 18.9 Å². The number of rotatable bonds is 7. The maximum Gasteiger partial charge on any atom is 0.333 e. The second kappa shape index (κ2) is 10.2. The molecule has 0 saturated heterocycles. The number of amides is 1. The molecule has 0 fully saturated rings. The summed E-state index contributed by atoms with van der Waals surface area (Å²) in [4.78, 5) is 32.6. The molecule has 0 unspecified atom stereocenters. The predicted octanol–water partition coefficient (Wildman–Crippen LogP) is 4.88. The van der Waals surface area contributed by atoms with E-state index in [0.717, 1.165) is 46.0 Å². The van der Waals surface area contributed by atoms with Crippen molar-refractivity contribution in [1.82, 2.24) is 24.3 Å². The number of carbonyl (C=O) groups is 1. The zero-order valence-electron chi connectivity index (χ0n) is 21.0. The molecule has 1 amide bonds. The lowest BCUT2D eigenvalue weighted by molar-refractivity contribution is 0.0952. The van der Waals surface area contributed by atoms with E-state index in [-0.39, 0.29) is 11.6 Å². The summed E-state index contributed by atoms with van der Waals surface area (Å²) >= 11 is 6.08. The number of carbonyl (C=O) groups excluding carboxylic acids is 1. The van der Waals surface area contributed by atoms with Crippen LogP contribution < -0.4 is 11.0 Å². The van der Waals surface area contributed by atoms with Gasteiger partial charge in [0.15, 0.2) is 0 Å². The molecule has 8 heteroatoms.